The molecule has 5 heteroatoms. The topological polar surface area (TPSA) is 48.9 Å². The molecule has 0 saturated carbocycles. The minimum atomic E-state index is 0.776. The minimum absolute atomic E-state index is 0.776. The van der Waals surface area contributed by atoms with E-state index in [9.17, 15) is 0 Å². The first-order chi connectivity index (χ1) is 11.8. The van der Waals surface area contributed by atoms with Crippen LogP contribution in [0.15, 0.2) is 4.99 Å². The van der Waals surface area contributed by atoms with Gasteiger partial charge < -0.3 is 20.3 Å². The van der Waals surface area contributed by atoms with Gasteiger partial charge in [0.15, 0.2) is 5.96 Å². The lowest BCUT2D eigenvalue weighted by molar-refractivity contribution is 0.143. The predicted octanol–water partition coefficient (Wildman–Crippen LogP) is 3.01. The third-order valence-corrected chi connectivity index (χ3v) is 4.62. The van der Waals surface area contributed by atoms with Crippen LogP contribution in [0.3, 0.4) is 0 Å². The Balaban J connectivity index is 2.10. The van der Waals surface area contributed by atoms with Crippen LogP contribution in [-0.2, 0) is 4.74 Å². The van der Waals surface area contributed by atoms with E-state index in [0.717, 1.165) is 57.7 Å². The molecule has 24 heavy (non-hydrogen) atoms. The summed E-state index contributed by atoms with van der Waals surface area (Å²) in [6, 6.07) is 0.776. The van der Waals surface area contributed by atoms with E-state index in [1.807, 2.05) is 6.92 Å². The molecule has 142 valence electrons. The molecule has 5 nitrogen and oxygen atoms in total. The van der Waals surface area contributed by atoms with Gasteiger partial charge in [0.1, 0.15) is 0 Å². The molecule has 0 aromatic heterocycles. The van der Waals surface area contributed by atoms with Gasteiger partial charge in [-0.05, 0) is 72.4 Å². The molecule has 0 amide bonds. The summed E-state index contributed by atoms with van der Waals surface area (Å²) in [4.78, 5) is 7.34. The fourth-order valence-corrected chi connectivity index (χ4v) is 3.13. The van der Waals surface area contributed by atoms with Crippen LogP contribution >= 0.6 is 0 Å². The quantitative estimate of drug-likeness (QED) is 0.326. The number of unbranched alkanes of at least 4 members (excludes halogenated alkanes) is 2. The van der Waals surface area contributed by atoms with Crippen molar-refractivity contribution in [1.29, 1.82) is 0 Å². The van der Waals surface area contributed by atoms with Gasteiger partial charge in [-0.1, -0.05) is 6.42 Å². The predicted molar refractivity (Wildman–Crippen MR) is 104 cm³/mol. The largest absolute Gasteiger partial charge is 0.382 e. The molecule has 1 unspecified atom stereocenters. The molecule has 1 aliphatic heterocycles. The van der Waals surface area contributed by atoms with Crippen molar-refractivity contribution in [3.8, 4) is 0 Å². The third-order valence-electron chi connectivity index (χ3n) is 4.62. The monoisotopic (exact) mass is 340 g/mol. The number of ether oxygens (including phenoxy) is 1. The van der Waals surface area contributed by atoms with Crippen LogP contribution in [0.4, 0.5) is 0 Å². The number of hydrogen-bond donors (Lipinski definition) is 2. The summed E-state index contributed by atoms with van der Waals surface area (Å²) in [5.41, 5.74) is 0. The molecule has 1 heterocycles. The average Bonchev–Trinajstić information content (AvgIpc) is 2.59. The molecule has 1 atom stereocenters. The maximum Gasteiger partial charge on any atom is 0.191 e. The van der Waals surface area contributed by atoms with E-state index in [2.05, 4.69) is 29.4 Å². The lowest BCUT2D eigenvalue weighted by Crippen LogP contribution is -2.38. The number of piperidine rings is 1. The zero-order valence-electron chi connectivity index (χ0n) is 16.3. The van der Waals surface area contributed by atoms with Gasteiger partial charge in [-0.15, -0.1) is 0 Å². The zero-order chi connectivity index (χ0) is 17.5. The molecule has 1 fully saturated rings. The van der Waals surface area contributed by atoms with E-state index in [-0.39, 0.29) is 0 Å². The minimum Gasteiger partial charge on any atom is -0.382 e. The van der Waals surface area contributed by atoms with Gasteiger partial charge in [0.25, 0.3) is 0 Å². The normalized spacial score (nSPS) is 19.5. The van der Waals surface area contributed by atoms with E-state index in [0.29, 0.717) is 0 Å². The van der Waals surface area contributed by atoms with Crippen molar-refractivity contribution >= 4 is 5.96 Å². The Morgan fingerprint density at radius 3 is 2.75 bits per heavy atom. The lowest BCUT2D eigenvalue weighted by Gasteiger charge is -2.33. The Kier molecular flexibility index (Phi) is 12.9. The number of guanidine groups is 1. The fraction of sp³-hybridized carbons (Fsp3) is 0.947. The third kappa shape index (κ3) is 10.1. The number of nitrogens with one attached hydrogen (secondary N) is 2. The Morgan fingerprint density at radius 2 is 2.00 bits per heavy atom. The first-order valence-corrected chi connectivity index (χ1v) is 10.1. The number of aliphatic imine (C=N–C) groups is 1. The molecule has 0 bridgehead atoms. The summed E-state index contributed by atoms with van der Waals surface area (Å²) in [6.07, 6.45) is 8.80. The number of likely N-dealkylation sites (tertiary alicyclic amines) is 1. The van der Waals surface area contributed by atoms with Gasteiger partial charge in [0.05, 0.1) is 0 Å². The highest BCUT2D eigenvalue weighted by Gasteiger charge is 2.16. The Bertz CT molecular complexity index is 322. The van der Waals surface area contributed by atoms with Crippen molar-refractivity contribution in [1.82, 2.24) is 15.5 Å². The lowest BCUT2D eigenvalue weighted by atomic mass is 10.0. The first-order valence-electron chi connectivity index (χ1n) is 10.1. The van der Waals surface area contributed by atoms with Crippen molar-refractivity contribution in [2.24, 2.45) is 4.99 Å². The Morgan fingerprint density at radius 1 is 1.12 bits per heavy atom. The van der Waals surface area contributed by atoms with Crippen LogP contribution in [0.2, 0.25) is 0 Å². The standard InChI is InChI=1S/C19H40N4O/c1-4-20-19(22-14-8-11-17-24-5-2)21-13-7-10-16-23-15-9-6-12-18(23)3/h18H,4-17H2,1-3H3,(H2,20,21,22). The summed E-state index contributed by atoms with van der Waals surface area (Å²) in [5, 5.41) is 6.75. The van der Waals surface area contributed by atoms with Crippen LogP contribution < -0.4 is 10.6 Å². The second-order valence-corrected chi connectivity index (χ2v) is 6.68. The molecule has 0 spiro atoms. The summed E-state index contributed by atoms with van der Waals surface area (Å²) < 4.78 is 5.36. The molecular formula is C19H40N4O. The van der Waals surface area contributed by atoms with Gasteiger partial charge in [0, 0.05) is 38.9 Å². The van der Waals surface area contributed by atoms with Crippen molar-refractivity contribution in [3.63, 3.8) is 0 Å². The first kappa shape index (κ1) is 21.2. The molecule has 1 saturated heterocycles. The second-order valence-electron chi connectivity index (χ2n) is 6.68. The van der Waals surface area contributed by atoms with E-state index in [1.54, 1.807) is 0 Å². The van der Waals surface area contributed by atoms with E-state index < -0.39 is 0 Å². The van der Waals surface area contributed by atoms with Gasteiger partial charge >= 0.3 is 0 Å². The van der Waals surface area contributed by atoms with E-state index in [4.69, 9.17) is 9.73 Å². The second kappa shape index (κ2) is 14.5. The van der Waals surface area contributed by atoms with Gasteiger partial charge in [-0.25, -0.2) is 0 Å². The summed E-state index contributed by atoms with van der Waals surface area (Å²) >= 11 is 0. The average molecular weight is 341 g/mol. The van der Waals surface area contributed by atoms with E-state index in [1.165, 1.54) is 45.2 Å². The number of nitrogens with zero attached hydrogens (tertiary/aromatic N) is 2. The highest BCUT2D eigenvalue weighted by atomic mass is 16.5. The maximum absolute atomic E-state index is 5.36. The molecule has 2 N–H and O–H groups in total. The molecule has 1 rings (SSSR count). The molecular weight excluding hydrogens is 300 g/mol. The van der Waals surface area contributed by atoms with Gasteiger partial charge in [0.2, 0.25) is 0 Å². The summed E-state index contributed by atoms with van der Waals surface area (Å²) in [5.74, 6) is 0.959. The van der Waals surface area contributed by atoms with Crippen LogP contribution in [0.25, 0.3) is 0 Å². The SMILES string of the molecule is CCNC(=NCCCCN1CCCCC1C)NCCCCOCC. The highest BCUT2D eigenvalue weighted by molar-refractivity contribution is 5.79. The molecule has 1 aliphatic rings. The van der Waals surface area contributed by atoms with Crippen molar-refractivity contribution < 1.29 is 4.74 Å². The van der Waals surface area contributed by atoms with Gasteiger partial charge in [-0.2, -0.15) is 0 Å². The summed E-state index contributed by atoms with van der Waals surface area (Å²) in [6.45, 7) is 13.5. The van der Waals surface area contributed by atoms with Crippen molar-refractivity contribution in [3.05, 3.63) is 0 Å². The van der Waals surface area contributed by atoms with Crippen molar-refractivity contribution in [2.75, 3.05) is 45.9 Å². The van der Waals surface area contributed by atoms with Crippen molar-refractivity contribution in [2.45, 2.75) is 71.8 Å². The highest BCUT2D eigenvalue weighted by Crippen LogP contribution is 2.16. The molecule has 0 aromatic carbocycles. The van der Waals surface area contributed by atoms with E-state index >= 15 is 0 Å². The van der Waals surface area contributed by atoms with Crippen LogP contribution in [0, 0.1) is 0 Å². The van der Waals surface area contributed by atoms with Crippen LogP contribution in [0.5, 0.6) is 0 Å². The number of hydrogen-bond acceptors (Lipinski definition) is 3. The Hall–Kier alpha value is -0.810. The molecule has 0 aliphatic carbocycles. The van der Waals surface area contributed by atoms with Crippen LogP contribution in [0.1, 0.15) is 65.7 Å². The maximum atomic E-state index is 5.36. The fourth-order valence-electron chi connectivity index (χ4n) is 3.13. The smallest absolute Gasteiger partial charge is 0.191 e. The number of rotatable bonds is 12. The Labute approximate surface area is 149 Å². The van der Waals surface area contributed by atoms with Gasteiger partial charge in [-0.3, -0.25) is 4.99 Å². The molecule has 0 aromatic rings. The summed E-state index contributed by atoms with van der Waals surface area (Å²) in [7, 11) is 0. The zero-order valence-corrected chi connectivity index (χ0v) is 16.3. The van der Waals surface area contributed by atoms with Crippen LogP contribution in [-0.4, -0.2) is 62.8 Å². The molecule has 0 radical (unpaired) electrons.